The minimum absolute atomic E-state index is 0.868. The monoisotopic (exact) mass is 855 g/mol. The molecule has 3 nitrogen and oxygen atoms in total. The van der Waals surface area contributed by atoms with Gasteiger partial charge in [0, 0.05) is 44.2 Å². The summed E-state index contributed by atoms with van der Waals surface area (Å²) >= 11 is 0. The summed E-state index contributed by atoms with van der Waals surface area (Å²) in [6, 6.07) is 85.0. The molecule has 0 atom stereocenters. The number of benzene rings is 10. The molecule has 0 radical (unpaired) electrons. The lowest BCUT2D eigenvalue weighted by atomic mass is 9.98. The van der Waals surface area contributed by atoms with Gasteiger partial charge in [-0.25, -0.2) is 0 Å². The van der Waals surface area contributed by atoms with Gasteiger partial charge in [0.1, 0.15) is 0 Å². The first-order chi connectivity index (χ1) is 33.1. The fraction of sp³-hybridized carbons (Fsp3) is 0.0156. The van der Waals surface area contributed by atoms with E-state index in [4.69, 9.17) is 4.99 Å². The quantitative estimate of drug-likeness (QED) is 0.102. The second kappa shape index (κ2) is 16.6. The van der Waals surface area contributed by atoms with Crippen LogP contribution in [0.25, 0.3) is 99.3 Å². The summed E-state index contributed by atoms with van der Waals surface area (Å²) in [7, 11) is 0. The number of nitrogens with zero attached hydrogens (tertiary/aromatic N) is 3. The fourth-order valence-corrected chi connectivity index (χ4v) is 9.93. The molecule has 0 bridgehead atoms. The molecule has 0 saturated heterocycles. The maximum Gasteiger partial charge on any atom is 0.0711 e. The van der Waals surface area contributed by atoms with E-state index in [1.54, 1.807) is 0 Å². The largest absolute Gasteiger partial charge is 0.309 e. The summed E-state index contributed by atoms with van der Waals surface area (Å²) in [5, 5.41) is 7.42. The smallest absolute Gasteiger partial charge is 0.0711 e. The van der Waals surface area contributed by atoms with Crippen molar-refractivity contribution in [3.05, 3.63) is 266 Å². The Bertz CT molecular complexity index is 3920. The van der Waals surface area contributed by atoms with Crippen molar-refractivity contribution in [2.45, 2.75) is 6.92 Å². The van der Waals surface area contributed by atoms with Crippen LogP contribution in [0, 0.1) is 0 Å². The van der Waals surface area contributed by atoms with Crippen molar-refractivity contribution in [2.24, 2.45) is 4.99 Å². The van der Waals surface area contributed by atoms with Gasteiger partial charge in [0.25, 0.3) is 0 Å². The van der Waals surface area contributed by atoms with E-state index in [1.807, 2.05) is 24.3 Å². The molecule has 0 aliphatic carbocycles. The SMILES string of the molecule is C=C(/C=C(\N=C(C)c1cccc(-n2c3ccccc3c3ccc(-c4ccc5c6ccccc6n(-c6ccc(-c7cccc8ccccc78)cc6)c5c4)cc32)c1)c1ccccc1)c1ccccc1. The standard InChI is InChI=1S/C64H45N3/c1-43(45-17-5-3-6-18-45)39-60(48-20-7-4-8-21-48)65-44(2)49-23-15-24-53(40-49)67-62-30-14-12-27-57(62)59-38-34-51(42-64(59)67)50-33-37-58-56-26-11-13-29-61(56)66(63(58)41-50)52-35-31-47(32-36-52)55-28-16-22-46-19-9-10-25-54(46)55/h3-42H,1H2,2H3/b60-39-,65-44?. The predicted molar refractivity (Wildman–Crippen MR) is 286 cm³/mol. The molecule has 0 aliphatic rings. The normalized spacial score (nSPS) is 12.2. The summed E-state index contributed by atoms with van der Waals surface area (Å²) in [6.45, 7) is 6.51. The van der Waals surface area contributed by atoms with Crippen LogP contribution in [-0.4, -0.2) is 14.8 Å². The lowest BCUT2D eigenvalue weighted by Gasteiger charge is -2.13. The van der Waals surface area contributed by atoms with Crippen LogP contribution >= 0.6 is 0 Å². The van der Waals surface area contributed by atoms with Crippen molar-refractivity contribution in [1.29, 1.82) is 0 Å². The number of hydrogen-bond donors (Lipinski definition) is 0. The zero-order valence-electron chi connectivity index (χ0n) is 37.1. The predicted octanol–water partition coefficient (Wildman–Crippen LogP) is 16.9. The first-order valence-corrected chi connectivity index (χ1v) is 22.9. The molecule has 3 heteroatoms. The molecule has 0 aliphatic heterocycles. The van der Waals surface area contributed by atoms with Gasteiger partial charge in [-0.05, 0) is 111 Å². The average molecular weight is 856 g/mol. The van der Waals surface area contributed by atoms with Gasteiger partial charge in [0.05, 0.1) is 27.8 Å². The van der Waals surface area contributed by atoms with Crippen LogP contribution in [0.2, 0.25) is 0 Å². The van der Waals surface area contributed by atoms with Crippen LogP contribution in [-0.2, 0) is 0 Å². The highest BCUT2D eigenvalue weighted by atomic mass is 15.0. The van der Waals surface area contributed by atoms with Crippen LogP contribution < -0.4 is 0 Å². The molecule has 0 amide bonds. The molecule has 316 valence electrons. The van der Waals surface area contributed by atoms with E-state index in [0.29, 0.717) is 0 Å². The maximum atomic E-state index is 5.29. The summed E-state index contributed by atoms with van der Waals surface area (Å²) in [6.07, 6.45) is 2.09. The van der Waals surface area contributed by atoms with Crippen LogP contribution in [0.1, 0.15) is 23.6 Å². The molecule has 0 spiro atoms. The minimum atomic E-state index is 0.868. The Morgan fingerprint density at radius 1 is 0.388 bits per heavy atom. The third-order valence-electron chi connectivity index (χ3n) is 13.2. The Kier molecular flexibility index (Phi) is 9.88. The van der Waals surface area contributed by atoms with Gasteiger partial charge in [0.2, 0.25) is 0 Å². The number of rotatable bonds is 9. The Labute approximate surface area is 390 Å². The number of allylic oxidation sites excluding steroid dienone is 2. The Morgan fingerprint density at radius 3 is 1.54 bits per heavy atom. The Morgan fingerprint density at radius 2 is 0.881 bits per heavy atom. The molecule has 2 heterocycles. The minimum Gasteiger partial charge on any atom is -0.309 e. The number of hydrogen-bond acceptors (Lipinski definition) is 1. The fourth-order valence-electron chi connectivity index (χ4n) is 9.93. The van der Waals surface area contributed by atoms with Crippen molar-refractivity contribution in [1.82, 2.24) is 9.13 Å². The second-order valence-electron chi connectivity index (χ2n) is 17.3. The molecular weight excluding hydrogens is 811 g/mol. The average Bonchev–Trinajstić information content (AvgIpc) is 3.91. The zero-order chi connectivity index (χ0) is 44.8. The highest BCUT2D eigenvalue weighted by Gasteiger charge is 2.17. The van der Waals surface area contributed by atoms with Gasteiger partial charge in [-0.15, -0.1) is 0 Å². The van der Waals surface area contributed by atoms with Gasteiger partial charge >= 0.3 is 0 Å². The molecule has 0 N–H and O–H groups in total. The van der Waals surface area contributed by atoms with Crippen molar-refractivity contribution < 1.29 is 0 Å². The van der Waals surface area contributed by atoms with Crippen molar-refractivity contribution in [3.8, 4) is 33.6 Å². The van der Waals surface area contributed by atoms with Gasteiger partial charge < -0.3 is 9.13 Å². The van der Waals surface area contributed by atoms with Crippen LogP contribution in [0.4, 0.5) is 0 Å². The summed E-state index contributed by atoms with van der Waals surface area (Å²) in [5.41, 5.74) is 17.5. The summed E-state index contributed by atoms with van der Waals surface area (Å²) in [4.78, 5) is 5.29. The first-order valence-electron chi connectivity index (χ1n) is 22.9. The Balaban J connectivity index is 0.956. The van der Waals surface area contributed by atoms with E-state index < -0.39 is 0 Å². The van der Waals surface area contributed by atoms with Crippen molar-refractivity contribution >= 4 is 71.4 Å². The van der Waals surface area contributed by atoms with E-state index in [1.165, 1.54) is 54.5 Å². The topological polar surface area (TPSA) is 22.2 Å². The van der Waals surface area contributed by atoms with Gasteiger partial charge in [0.15, 0.2) is 0 Å². The first kappa shape index (κ1) is 39.8. The summed E-state index contributed by atoms with van der Waals surface area (Å²) < 4.78 is 4.82. The zero-order valence-corrected chi connectivity index (χ0v) is 37.1. The molecule has 2 aromatic heterocycles. The van der Waals surface area contributed by atoms with Gasteiger partial charge in [-0.1, -0.05) is 195 Å². The Hall–Kier alpha value is -8.79. The van der Waals surface area contributed by atoms with E-state index in [9.17, 15) is 0 Å². The van der Waals surface area contributed by atoms with E-state index >= 15 is 0 Å². The summed E-state index contributed by atoms with van der Waals surface area (Å²) in [5.74, 6) is 0. The van der Waals surface area contributed by atoms with E-state index in [-0.39, 0.29) is 0 Å². The van der Waals surface area contributed by atoms with Crippen LogP contribution in [0.5, 0.6) is 0 Å². The molecule has 12 aromatic rings. The molecule has 12 rings (SSSR count). The van der Waals surface area contributed by atoms with E-state index in [0.717, 1.165) is 67.2 Å². The number of aromatic nitrogens is 2. The molecule has 0 unspecified atom stereocenters. The van der Waals surface area contributed by atoms with Crippen LogP contribution in [0.3, 0.4) is 0 Å². The lowest BCUT2D eigenvalue weighted by molar-refractivity contribution is 1.18. The second-order valence-corrected chi connectivity index (χ2v) is 17.3. The molecule has 0 saturated carbocycles. The van der Waals surface area contributed by atoms with Crippen LogP contribution in [0.15, 0.2) is 254 Å². The number of fused-ring (bicyclic) bond motifs is 7. The van der Waals surface area contributed by atoms with E-state index in [2.05, 4.69) is 241 Å². The highest BCUT2D eigenvalue weighted by Crippen LogP contribution is 2.39. The molecule has 10 aromatic carbocycles. The molecular formula is C64H45N3. The molecule has 67 heavy (non-hydrogen) atoms. The molecule has 0 fully saturated rings. The van der Waals surface area contributed by atoms with Gasteiger partial charge in [-0.3, -0.25) is 4.99 Å². The van der Waals surface area contributed by atoms with Crippen molar-refractivity contribution in [2.75, 3.05) is 0 Å². The maximum absolute atomic E-state index is 5.29. The third-order valence-corrected chi connectivity index (χ3v) is 13.2. The lowest BCUT2D eigenvalue weighted by Crippen LogP contribution is -2.00. The highest BCUT2D eigenvalue weighted by molar-refractivity contribution is 6.12. The van der Waals surface area contributed by atoms with Crippen molar-refractivity contribution in [3.63, 3.8) is 0 Å². The third kappa shape index (κ3) is 7.15. The number of para-hydroxylation sites is 2. The van der Waals surface area contributed by atoms with Gasteiger partial charge in [-0.2, -0.15) is 0 Å². The number of aliphatic imine (C=N–C) groups is 1.